The molecule has 2 aromatic rings. The van der Waals surface area contributed by atoms with E-state index in [2.05, 4.69) is 24.0 Å². The van der Waals surface area contributed by atoms with Gasteiger partial charge in [-0.2, -0.15) is 5.10 Å². The normalized spacial score (nSPS) is 18.0. The smallest absolute Gasteiger partial charge is 0.254 e. The van der Waals surface area contributed by atoms with Crippen LogP contribution in [0.4, 0.5) is 0 Å². The van der Waals surface area contributed by atoms with Crippen molar-refractivity contribution in [3.05, 3.63) is 28.4 Å². The molecule has 0 radical (unpaired) electrons. The Morgan fingerprint density at radius 3 is 2.78 bits per heavy atom. The summed E-state index contributed by atoms with van der Waals surface area (Å²) < 4.78 is 0. The molecular weight excluding hydrogens is 306 g/mol. The van der Waals surface area contributed by atoms with Gasteiger partial charge in [0.2, 0.25) is 0 Å². The lowest BCUT2D eigenvalue weighted by Crippen LogP contribution is -2.32. The molecular formula is C18H25N3OS. The van der Waals surface area contributed by atoms with Crippen LogP contribution in [0.1, 0.15) is 54.9 Å². The molecule has 1 aliphatic rings. The Morgan fingerprint density at radius 2 is 2.09 bits per heavy atom. The summed E-state index contributed by atoms with van der Waals surface area (Å²) in [4.78, 5) is 16.0. The van der Waals surface area contributed by atoms with Crippen molar-refractivity contribution in [1.29, 1.82) is 0 Å². The second kappa shape index (κ2) is 6.11. The van der Waals surface area contributed by atoms with Crippen LogP contribution in [0.15, 0.2) is 11.4 Å². The van der Waals surface area contributed by atoms with Gasteiger partial charge in [0.05, 0.1) is 11.3 Å². The van der Waals surface area contributed by atoms with Crippen molar-refractivity contribution in [2.24, 2.45) is 5.41 Å². The fourth-order valence-corrected chi connectivity index (χ4v) is 4.34. The number of carbonyl (C=O) groups is 1. The van der Waals surface area contributed by atoms with E-state index in [1.807, 2.05) is 30.2 Å². The largest absolute Gasteiger partial charge is 0.339 e. The van der Waals surface area contributed by atoms with Crippen LogP contribution in [-0.2, 0) is 0 Å². The highest BCUT2D eigenvalue weighted by atomic mass is 32.1. The molecule has 1 fully saturated rings. The molecule has 1 aliphatic heterocycles. The maximum Gasteiger partial charge on any atom is 0.254 e. The molecule has 0 spiro atoms. The van der Waals surface area contributed by atoms with Crippen LogP contribution in [-0.4, -0.2) is 34.1 Å². The molecule has 1 N–H and O–H groups in total. The van der Waals surface area contributed by atoms with Crippen molar-refractivity contribution in [1.82, 2.24) is 15.1 Å². The highest BCUT2D eigenvalue weighted by Gasteiger charge is 2.26. The lowest BCUT2D eigenvalue weighted by Gasteiger charge is -2.23. The van der Waals surface area contributed by atoms with Gasteiger partial charge in [0.15, 0.2) is 0 Å². The minimum absolute atomic E-state index is 0.170. The molecule has 0 unspecified atom stereocenters. The van der Waals surface area contributed by atoms with Crippen molar-refractivity contribution in [3.8, 4) is 10.4 Å². The molecule has 0 bridgehead atoms. The van der Waals surface area contributed by atoms with Crippen molar-refractivity contribution >= 4 is 17.2 Å². The monoisotopic (exact) mass is 331 g/mol. The number of hydrogen-bond acceptors (Lipinski definition) is 3. The third-order valence-corrected chi connectivity index (χ3v) is 5.80. The van der Waals surface area contributed by atoms with Crippen LogP contribution in [0, 0.1) is 19.3 Å². The van der Waals surface area contributed by atoms with Gasteiger partial charge in [0, 0.05) is 34.6 Å². The van der Waals surface area contributed by atoms with E-state index in [4.69, 9.17) is 0 Å². The van der Waals surface area contributed by atoms with Gasteiger partial charge >= 0.3 is 0 Å². The van der Waals surface area contributed by atoms with Gasteiger partial charge in [-0.15, -0.1) is 11.3 Å². The van der Waals surface area contributed by atoms with E-state index in [-0.39, 0.29) is 5.91 Å². The first-order chi connectivity index (χ1) is 10.9. The number of carbonyl (C=O) groups excluding carboxylic acids is 1. The lowest BCUT2D eigenvalue weighted by molar-refractivity contribution is 0.0758. The molecule has 0 saturated carbocycles. The number of rotatable bonds is 2. The van der Waals surface area contributed by atoms with Crippen LogP contribution in [0.3, 0.4) is 0 Å². The predicted octanol–water partition coefficient (Wildman–Crippen LogP) is 4.41. The Hall–Kier alpha value is -1.62. The summed E-state index contributed by atoms with van der Waals surface area (Å²) >= 11 is 1.63. The van der Waals surface area contributed by atoms with E-state index < -0.39 is 0 Å². The number of aromatic amines is 1. The number of thiophene rings is 1. The third-order valence-electron chi connectivity index (χ3n) is 4.85. The highest BCUT2D eigenvalue weighted by Crippen LogP contribution is 2.33. The summed E-state index contributed by atoms with van der Waals surface area (Å²) in [7, 11) is 0. The number of nitrogens with zero attached hydrogens (tertiary/aromatic N) is 2. The molecule has 0 atom stereocenters. The van der Waals surface area contributed by atoms with Gasteiger partial charge in [-0.05, 0) is 44.6 Å². The zero-order chi connectivity index (χ0) is 16.6. The topological polar surface area (TPSA) is 49.0 Å². The predicted molar refractivity (Wildman–Crippen MR) is 94.9 cm³/mol. The highest BCUT2D eigenvalue weighted by molar-refractivity contribution is 7.13. The summed E-state index contributed by atoms with van der Waals surface area (Å²) in [6.45, 7) is 10.4. The number of nitrogens with one attached hydrogen (secondary N) is 1. The minimum Gasteiger partial charge on any atom is -0.339 e. The summed E-state index contributed by atoms with van der Waals surface area (Å²) in [5.41, 5.74) is 4.33. The Balaban J connectivity index is 1.79. The maximum atomic E-state index is 12.8. The summed E-state index contributed by atoms with van der Waals surface area (Å²) in [5.74, 6) is 0.170. The van der Waals surface area contributed by atoms with Crippen molar-refractivity contribution in [2.75, 3.05) is 13.1 Å². The molecule has 1 saturated heterocycles. The standard InChI is InChI=1S/C18H25N3OS/c1-12-16(13(2)20-19-12)15-10-14(11-23-15)17(22)21-8-5-6-18(3,4)7-9-21/h10-11H,5-9H2,1-4H3,(H,19,20). The quantitative estimate of drug-likeness (QED) is 0.886. The summed E-state index contributed by atoms with van der Waals surface area (Å²) in [6, 6.07) is 2.02. The van der Waals surface area contributed by atoms with E-state index in [9.17, 15) is 4.79 Å². The van der Waals surface area contributed by atoms with E-state index >= 15 is 0 Å². The van der Waals surface area contributed by atoms with E-state index in [0.29, 0.717) is 5.41 Å². The van der Waals surface area contributed by atoms with Gasteiger partial charge < -0.3 is 4.90 Å². The number of hydrogen-bond donors (Lipinski definition) is 1. The number of amides is 1. The van der Waals surface area contributed by atoms with Crippen molar-refractivity contribution in [2.45, 2.75) is 47.0 Å². The number of aromatic nitrogens is 2. The summed E-state index contributed by atoms with van der Waals surface area (Å²) in [6.07, 6.45) is 3.37. The molecule has 5 heteroatoms. The molecule has 23 heavy (non-hydrogen) atoms. The van der Waals surface area contributed by atoms with Crippen LogP contribution < -0.4 is 0 Å². The van der Waals surface area contributed by atoms with Crippen LogP contribution >= 0.6 is 11.3 Å². The fraction of sp³-hybridized carbons (Fsp3) is 0.556. The molecule has 4 nitrogen and oxygen atoms in total. The maximum absolute atomic E-state index is 12.8. The molecule has 1 amide bonds. The third kappa shape index (κ3) is 3.34. The van der Waals surface area contributed by atoms with E-state index in [1.165, 1.54) is 6.42 Å². The second-order valence-corrected chi connectivity index (χ2v) is 8.23. The number of likely N-dealkylation sites (tertiary alicyclic amines) is 1. The van der Waals surface area contributed by atoms with Crippen molar-refractivity contribution in [3.63, 3.8) is 0 Å². The summed E-state index contributed by atoms with van der Waals surface area (Å²) in [5, 5.41) is 9.25. The first-order valence-electron chi connectivity index (χ1n) is 8.27. The van der Waals surface area contributed by atoms with Gasteiger partial charge in [0.1, 0.15) is 0 Å². The molecule has 0 aliphatic carbocycles. The Kier molecular flexibility index (Phi) is 4.32. The Bertz CT molecular complexity index is 694. The minimum atomic E-state index is 0.170. The van der Waals surface area contributed by atoms with Crippen LogP contribution in [0.25, 0.3) is 10.4 Å². The van der Waals surface area contributed by atoms with Gasteiger partial charge in [-0.3, -0.25) is 9.89 Å². The molecule has 2 aromatic heterocycles. The second-order valence-electron chi connectivity index (χ2n) is 7.32. The first-order valence-corrected chi connectivity index (χ1v) is 9.15. The molecule has 3 heterocycles. The van der Waals surface area contributed by atoms with Gasteiger partial charge in [-0.1, -0.05) is 13.8 Å². The Labute approximate surface area is 141 Å². The number of aryl methyl sites for hydroxylation is 2. The molecule has 124 valence electrons. The van der Waals surface area contributed by atoms with Gasteiger partial charge in [-0.25, -0.2) is 0 Å². The van der Waals surface area contributed by atoms with Gasteiger partial charge in [0.25, 0.3) is 5.91 Å². The average molecular weight is 331 g/mol. The Morgan fingerprint density at radius 1 is 1.30 bits per heavy atom. The SMILES string of the molecule is Cc1n[nH]c(C)c1-c1cc(C(=O)N2CCCC(C)(C)CC2)cs1. The number of H-pyrrole nitrogens is 1. The fourth-order valence-electron chi connectivity index (χ4n) is 3.30. The first kappa shape index (κ1) is 16.2. The van der Waals surface area contributed by atoms with Crippen LogP contribution in [0.5, 0.6) is 0 Å². The molecule has 3 rings (SSSR count). The zero-order valence-electron chi connectivity index (χ0n) is 14.4. The van der Waals surface area contributed by atoms with Crippen molar-refractivity contribution < 1.29 is 4.79 Å². The lowest BCUT2D eigenvalue weighted by atomic mass is 9.85. The van der Waals surface area contributed by atoms with E-state index in [0.717, 1.165) is 53.3 Å². The van der Waals surface area contributed by atoms with E-state index in [1.54, 1.807) is 11.3 Å². The zero-order valence-corrected chi connectivity index (χ0v) is 15.2. The molecule has 0 aromatic carbocycles. The van der Waals surface area contributed by atoms with Crippen LogP contribution in [0.2, 0.25) is 0 Å². The average Bonchev–Trinajstić information content (AvgIpc) is 3.03.